The summed E-state index contributed by atoms with van der Waals surface area (Å²) in [6.07, 6.45) is -7.00. The molecule has 0 bridgehead atoms. The van der Waals surface area contributed by atoms with Gasteiger partial charge < -0.3 is 9.80 Å². The molecule has 1 aromatic carbocycles. The molecule has 0 aromatic heterocycles. The minimum Gasteiger partial charge on any atom is -0.351 e. The van der Waals surface area contributed by atoms with Crippen LogP contribution in [-0.4, -0.2) is 42.7 Å². The summed E-state index contributed by atoms with van der Waals surface area (Å²) >= 11 is 0. The van der Waals surface area contributed by atoms with Crippen molar-refractivity contribution in [3.8, 4) is 6.07 Å². The van der Waals surface area contributed by atoms with Gasteiger partial charge >= 0.3 is 12.4 Å². The lowest BCUT2D eigenvalue weighted by Gasteiger charge is -2.34. The van der Waals surface area contributed by atoms with Crippen molar-refractivity contribution in [2.75, 3.05) is 24.5 Å². The van der Waals surface area contributed by atoms with Crippen molar-refractivity contribution >= 4 is 11.6 Å². The van der Waals surface area contributed by atoms with E-state index in [-0.39, 0.29) is 13.1 Å². The van der Waals surface area contributed by atoms with E-state index in [0.717, 1.165) is 12.1 Å². The van der Waals surface area contributed by atoms with Crippen LogP contribution in [0.2, 0.25) is 0 Å². The van der Waals surface area contributed by atoms with Gasteiger partial charge in [0.1, 0.15) is 12.6 Å². The molecule has 0 aliphatic carbocycles. The lowest BCUT2D eigenvalue weighted by atomic mass is 10.1. The van der Waals surface area contributed by atoms with Crippen LogP contribution in [0.3, 0.4) is 0 Å². The first-order valence-corrected chi connectivity index (χ1v) is 8.31. The van der Waals surface area contributed by atoms with E-state index in [1.165, 1.54) is 30.0 Å². The Kier molecular flexibility index (Phi) is 7.88. The predicted octanol–water partition coefficient (Wildman–Crippen LogP) is 4.53. The van der Waals surface area contributed by atoms with Gasteiger partial charge in [-0.25, -0.2) is 0 Å². The number of carbonyl (C=O) groups is 1. The second kappa shape index (κ2) is 9.49. The Morgan fingerprint density at radius 3 is 2.14 bits per heavy atom. The molecule has 158 valence electrons. The molecule has 0 heterocycles. The molecule has 0 fully saturated rings. The highest BCUT2D eigenvalue weighted by atomic mass is 19.4. The van der Waals surface area contributed by atoms with Crippen LogP contribution in [0.1, 0.15) is 18.1 Å². The van der Waals surface area contributed by atoms with Gasteiger partial charge in [-0.15, -0.1) is 13.2 Å². The molecule has 0 aliphatic rings. The second-order valence-corrected chi connectivity index (χ2v) is 6.08. The van der Waals surface area contributed by atoms with Gasteiger partial charge in [0.25, 0.3) is 0 Å². The fraction of sp³-hybridized carbons (Fsp3) is 0.368. The van der Waals surface area contributed by atoms with Gasteiger partial charge in [-0.05, 0) is 25.1 Å². The van der Waals surface area contributed by atoms with Gasteiger partial charge in [0.15, 0.2) is 0 Å². The molecule has 29 heavy (non-hydrogen) atoms. The van der Waals surface area contributed by atoms with E-state index in [0.29, 0.717) is 11.0 Å². The first-order chi connectivity index (χ1) is 13.4. The summed E-state index contributed by atoms with van der Waals surface area (Å²) < 4.78 is 79.0. The highest BCUT2D eigenvalue weighted by Crippen LogP contribution is 2.35. The smallest absolute Gasteiger partial charge is 0.351 e. The maximum atomic E-state index is 13.2. The Bertz CT molecular complexity index is 785. The number of hydrogen-bond donors (Lipinski definition) is 0. The summed E-state index contributed by atoms with van der Waals surface area (Å²) in [6, 6.07) is 2.10. The van der Waals surface area contributed by atoms with Crippen LogP contribution >= 0.6 is 0 Å². The van der Waals surface area contributed by atoms with Gasteiger partial charge in [0.2, 0.25) is 5.91 Å². The Morgan fingerprint density at radius 1 is 1.17 bits per heavy atom. The molecule has 0 aliphatic heterocycles. The van der Waals surface area contributed by atoms with Crippen LogP contribution in [0.15, 0.2) is 43.5 Å². The molecule has 0 spiro atoms. The highest BCUT2D eigenvalue weighted by Gasteiger charge is 2.38. The average molecular weight is 419 g/mol. The van der Waals surface area contributed by atoms with Crippen molar-refractivity contribution in [3.05, 3.63) is 54.6 Å². The SMILES string of the molecule is C=CCN(CC=C)C(=O)C(C)N(CC(F)(F)F)c1ccc(C#N)c(C(F)(F)F)c1. The molecule has 1 aromatic rings. The topological polar surface area (TPSA) is 47.3 Å². The summed E-state index contributed by atoms with van der Waals surface area (Å²) in [5.41, 5.74) is -2.59. The molecule has 0 saturated carbocycles. The number of hydrogen-bond acceptors (Lipinski definition) is 3. The van der Waals surface area contributed by atoms with E-state index in [1.807, 2.05) is 0 Å². The Morgan fingerprint density at radius 2 is 1.72 bits per heavy atom. The number of nitriles is 1. The van der Waals surface area contributed by atoms with Gasteiger partial charge in [-0.3, -0.25) is 4.79 Å². The van der Waals surface area contributed by atoms with Crippen molar-refractivity contribution in [1.29, 1.82) is 5.26 Å². The number of alkyl halides is 6. The molecular weight excluding hydrogens is 400 g/mol. The highest BCUT2D eigenvalue weighted by molar-refractivity contribution is 5.85. The van der Waals surface area contributed by atoms with E-state index >= 15 is 0 Å². The minimum absolute atomic E-state index is 0.0240. The van der Waals surface area contributed by atoms with E-state index in [9.17, 15) is 31.1 Å². The Labute approximate surface area is 164 Å². The summed E-state index contributed by atoms with van der Waals surface area (Å²) in [7, 11) is 0. The second-order valence-electron chi connectivity index (χ2n) is 6.08. The standard InChI is InChI=1S/C19H19F6N3O/c1-4-8-27(9-5-2)17(29)13(3)28(12-18(20,21)22)15-7-6-14(11-26)16(10-15)19(23,24)25/h4-7,10,13H,1-2,8-9,12H2,3H3. The third kappa shape index (κ3) is 6.55. The summed E-state index contributed by atoms with van der Waals surface area (Å²) in [4.78, 5) is 14.4. The monoisotopic (exact) mass is 419 g/mol. The van der Waals surface area contributed by atoms with E-state index in [1.54, 1.807) is 0 Å². The third-order valence-corrected chi connectivity index (χ3v) is 3.95. The maximum Gasteiger partial charge on any atom is 0.417 e. The zero-order valence-corrected chi connectivity index (χ0v) is 15.5. The molecular formula is C19H19F6N3O. The summed E-state index contributed by atoms with van der Waals surface area (Å²) in [5.74, 6) is -0.744. The first kappa shape index (κ1) is 24.1. The van der Waals surface area contributed by atoms with Crippen LogP contribution in [0.5, 0.6) is 0 Å². The van der Waals surface area contributed by atoms with Crippen molar-refractivity contribution < 1.29 is 31.1 Å². The molecule has 1 atom stereocenters. The van der Waals surface area contributed by atoms with E-state index in [4.69, 9.17) is 5.26 Å². The number of halogens is 6. The molecule has 10 heteroatoms. The maximum absolute atomic E-state index is 13.2. The largest absolute Gasteiger partial charge is 0.417 e. The number of amides is 1. The molecule has 0 radical (unpaired) electrons. The number of benzene rings is 1. The Balaban J connectivity index is 3.46. The lowest BCUT2D eigenvalue weighted by molar-refractivity contribution is -0.137. The summed E-state index contributed by atoms with van der Waals surface area (Å²) in [5, 5.41) is 8.86. The van der Waals surface area contributed by atoms with Gasteiger partial charge in [-0.2, -0.15) is 31.6 Å². The van der Waals surface area contributed by atoms with Crippen LogP contribution in [0, 0.1) is 11.3 Å². The van der Waals surface area contributed by atoms with E-state index < -0.39 is 47.7 Å². The molecule has 0 saturated heterocycles. The Hall–Kier alpha value is -2.96. The quantitative estimate of drug-likeness (QED) is 0.459. The normalized spacial score (nSPS) is 12.6. The predicted molar refractivity (Wildman–Crippen MR) is 96.0 cm³/mol. The summed E-state index contributed by atoms with van der Waals surface area (Å²) in [6.45, 7) is 6.49. The van der Waals surface area contributed by atoms with Gasteiger partial charge in [-0.1, -0.05) is 12.2 Å². The van der Waals surface area contributed by atoms with Gasteiger partial charge in [0.05, 0.1) is 17.2 Å². The first-order valence-electron chi connectivity index (χ1n) is 8.31. The number of carbonyl (C=O) groups excluding carboxylic acids is 1. The molecule has 1 unspecified atom stereocenters. The fourth-order valence-electron chi connectivity index (χ4n) is 2.65. The van der Waals surface area contributed by atoms with Crippen molar-refractivity contribution in [2.45, 2.75) is 25.3 Å². The number of anilines is 1. The zero-order valence-electron chi connectivity index (χ0n) is 15.5. The van der Waals surface area contributed by atoms with Crippen LogP contribution in [0.4, 0.5) is 32.0 Å². The average Bonchev–Trinajstić information content (AvgIpc) is 2.63. The van der Waals surface area contributed by atoms with Crippen molar-refractivity contribution in [1.82, 2.24) is 4.90 Å². The van der Waals surface area contributed by atoms with Gasteiger partial charge in [0, 0.05) is 18.8 Å². The van der Waals surface area contributed by atoms with E-state index in [2.05, 4.69) is 13.2 Å². The lowest BCUT2D eigenvalue weighted by Crippen LogP contribution is -2.50. The molecule has 1 amide bonds. The molecule has 4 nitrogen and oxygen atoms in total. The number of rotatable bonds is 8. The molecule has 1 rings (SSSR count). The number of nitrogens with zero attached hydrogens (tertiary/aromatic N) is 3. The fourth-order valence-corrected chi connectivity index (χ4v) is 2.65. The van der Waals surface area contributed by atoms with Crippen molar-refractivity contribution in [3.63, 3.8) is 0 Å². The van der Waals surface area contributed by atoms with Crippen molar-refractivity contribution in [2.24, 2.45) is 0 Å². The van der Waals surface area contributed by atoms with Crippen LogP contribution < -0.4 is 4.90 Å². The minimum atomic E-state index is -4.95. The third-order valence-electron chi connectivity index (χ3n) is 3.95. The van der Waals surface area contributed by atoms with Crippen LogP contribution in [0.25, 0.3) is 0 Å². The molecule has 0 N–H and O–H groups in total. The zero-order chi connectivity index (χ0) is 22.4. The van der Waals surface area contributed by atoms with Crippen LogP contribution in [-0.2, 0) is 11.0 Å².